The van der Waals surface area contributed by atoms with Gasteiger partial charge in [0, 0.05) is 35.1 Å². The van der Waals surface area contributed by atoms with Crippen molar-refractivity contribution in [3.63, 3.8) is 0 Å². The molecule has 34 heavy (non-hydrogen) atoms. The summed E-state index contributed by atoms with van der Waals surface area (Å²) in [5.74, 6) is 0.778. The van der Waals surface area contributed by atoms with Crippen LogP contribution in [0.15, 0.2) is 77.4 Å². The molecule has 1 aliphatic rings. The molecular formula is C20H26Br2Cl2N10. The monoisotopic (exact) mass is 634 g/mol. The molecule has 3 rings (SSSR count). The second-order valence-electron chi connectivity index (χ2n) is 6.81. The summed E-state index contributed by atoms with van der Waals surface area (Å²) in [4.78, 5) is 20.7. The highest BCUT2D eigenvalue weighted by molar-refractivity contribution is 9.10. The Morgan fingerprint density at radius 3 is 1.18 bits per heavy atom. The van der Waals surface area contributed by atoms with E-state index < -0.39 is 0 Å². The largest absolute Gasteiger partial charge is 0.369 e. The summed E-state index contributed by atoms with van der Waals surface area (Å²) < 4.78 is 1.92. The number of halogens is 4. The molecule has 2 aromatic rings. The van der Waals surface area contributed by atoms with Crippen molar-refractivity contribution in [3.8, 4) is 0 Å². The maximum Gasteiger partial charge on any atom is 0.223 e. The zero-order chi connectivity index (χ0) is 23.1. The van der Waals surface area contributed by atoms with Gasteiger partial charge in [-0.1, -0.05) is 31.9 Å². The Morgan fingerprint density at radius 2 is 0.882 bits per heavy atom. The third-order valence-corrected chi connectivity index (χ3v) is 5.58. The van der Waals surface area contributed by atoms with Crippen molar-refractivity contribution in [3.05, 3.63) is 57.5 Å². The van der Waals surface area contributed by atoms with Crippen LogP contribution in [0.4, 0.5) is 11.4 Å². The van der Waals surface area contributed by atoms with E-state index in [9.17, 15) is 0 Å². The lowest BCUT2D eigenvalue weighted by molar-refractivity contribution is 0.255. The standard InChI is InChI=1S/C20H24Br2N10.2ClH/c21-13-1-5-15(6-2-13)27-17(23)29-19(25)31-9-11-32(12-10-31)20(26)30-18(24)28-16-7-3-14(22)4-8-16;;/h1-8H,9-12H2,(H4,23,25,27,29)(H4,24,26,28,30);2*1H. The Kier molecular flexibility index (Phi) is 12.1. The van der Waals surface area contributed by atoms with E-state index in [1.807, 2.05) is 58.3 Å². The quantitative estimate of drug-likeness (QED) is 0.293. The molecule has 1 saturated heterocycles. The van der Waals surface area contributed by atoms with E-state index in [0.29, 0.717) is 49.5 Å². The number of rotatable bonds is 2. The van der Waals surface area contributed by atoms with Gasteiger partial charge in [0.05, 0.1) is 11.4 Å². The average Bonchev–Trinajstić information content (AvgIpc) is 2.77. The molecule has 10 nitrogen and oxygen atoms in total. The Morgan fingerprint density at radius 1 is 0.588 bits per heavy atom. The van der Waals surface area contributed by atoms with Crippen LogP contribution < -0.4 is 22.9 Å². The van der Waals surface area contributed by atoms with Gasteiger partial charge in [0.15, 0.2) is 11.9 Å². The van der Waals surface area contributed by atoms with Crippen LogP contribution >= 0.6 is 56.7 Å². The molecule has 0 aromatic heterocycles. The van der Waals surface area contributed by atoms with Crippen LogP contribution in [0.5, 0.6) is 0 Å². The lowest BCUT2D eigenvalue weighted by Crippen LogP contribution is -2.54. The smallest absolute Gasteiger partial charge is 0.223 e. The molecule has 0 bridgehead atoms. The third kappa shape index (κ3) is 9.01. The van der Waals surface area contributed by atoms with Crippen molar-refractivity contribution in [1.29, 1.82) is 0 Å². The zero-order valence-electron chi connectivity index (χ0n) is 18.0. The van der Waals surface area contributed by atoms with Gasteiger partial charge < -0.3 is 32.7 Å². The summed E-state index contributed by atoms with van der Waals surface area (Å²) in [5.41, 5.74) is 25.4. The fourth-order valence-electron chi connectivity index (χ4n) is 2.89. The maximum absolute atomic E-state index is 6.11. The fraction of sp³-hybridized carbons (Fsp3) is 0.200. The number of hydrogen-bond acceptors (Lipinski definition) is 2. The van der Waals surface area contributed by atoms with E-state index >= 15 is 0 Å². The number of nitrogens with two attached hydrogens (primary N) is 4. The predicted octanol–water partition coefficient (Wildman–Crippen LogP) is 2.89. The van der Waals surface area contributed by atoms with E-state index in [0.717, 1.165) is 8.95 Å². The molecule has 1 fully saturated rings. The van der Waals surface area contributed by atoms with Crippen molar-refractivity contribution in [2.75, 3.05) is 26.2 Å². The first-order chi connectivity index (χ1) is 15.3. The topological polar surface area (TPSA) is 160 Å². The highest BCUT2D eigenvalue weighted by atomic mass is 79.9. The van der Waals surface area contributed by atoms with Crippen LogP contribution in [-0.4, -0.2) is 59.8 Å². The van der Waals surface area contributed by atoms with Crippen LogP contribution in [0.25, 0.3) is 0 Å². The molecule has 1 heterocycles. The molecule has 0 unspecified atom stereocenters. The molecular weight excluding hydrogens is 611 g/mol. The summed E-state index contributed by atoms with van der Waals surface area (Å²) in [7, 11) is 0. The van der Waals surface area contributed by atoms with Crippen LogP contribution in [0.1, 0.15) is 0 Å². The third-order valence-electron chi connectivity index (χ3n) is 4.53. The number of guanidine groups is 4. The van der Waals surface area contributed by atoms with Crippen molar-refractivity contribution >= 4 is 91.9 Å². The molecule has 0 spiro atoms. The lowest BCUT2D eigenvalue weighted by atomic mass is 10.3. The minimum absolute atomic E-state index is 0. The first kappa shape index (κ1) is 29.5. The summed E-state index contributed by atoms with van der Waals surface area (Å²) in [6, 6.07) is 14.8. The van der Waals surface area contributed by atoms with Crippen LogP contribution in [0.2, 0.25) is 0 Å². The van der Waals surface area contributed by atoms with Crippen molar-refractivity contribution in [2.24, 2.45) is 42.9 Å². The SMILES string of the molecule is Cl.Cl.NC(=Nc1ccc(Br)cc1)/N=C(\N)N1CCN(/C(N)=N/C(N)=Nc2ccc(Br)cc2)CC1. The molecule has 184 valence electrons. The van der Waals surface area contributed by atoms with Gasteiger partial charge in [-0.05, 0) is 48.5 Å². The second-order valence-corrected chi connectivity index (χ2v) is 8.64. The van der Waals surface area contributed by atoms with Crippen molar-refractivity contribution in [1.82, 2.24) is 9.80 Å². The van der Waals surface area contributed by atoms with Crippen LogP contribution in [-0.2, 0) is 0 Å². The van der Waals surface area contributed by atoms with Gasteiger partial charge in [-0.15, -0.1) is 24.8 Å². The molecule has 0 radical (unpaired) electrons. The zero-order valence-corrected chi connectivity index (χ0v) is 22.8. The second kappa shape index (κ2) is 14.0. The van der Waals surface area contributed by atoms with Crippen LogP contribution in [0.3, 0.4) is 0 Å². The Bertz CT molecular complexity index is 963. The molecule has 2 aromatic carbocycles. The molecule has 0 atom stereocenters. The normalized spacial score (nSPS) is 15.5. The minimum atomic E-state index is 0. The Balaban J connectivity index is 0.00000289. The molecule has 14 heteroatoms. The maximum atomic E-state index is 6.11. The molecule has 8 N–H and O–H groups in total. The molecule has 0 saturated carbocycles. The average molecular weight is 637 g/mol. The van der Waals surface area contributed by atoms with Gasteiger partial charge in [-0.25, -0.2) is 9.98 Å². The number of aliphatic imine (C=N–C) groups is 4. The summed E-state index contributed by atoms with van der Waals surface area (Å²) in [5, 5.41) is 0. The van der Waals surface area contributed by atoms with E-state index in [1.165, 1.54) is 0 Å². The molecule has 0 aliphatic carbocycles. The molecule has 1 aliphatic heterocycles. The lowest BCUT2D eigenvalue weighted by Gasteiger charge is -2.35. The van der Waals surface area contributed by atoms with Gasteiger partial charge in [-0.2, -0.15) is 9.98 Å². The van der Waals surface area contributed by atoms with Gasteiger partial charge in [0.1, 0.15) is 0 Å². The summed E-state index contributed by atoms with van der Waals surface area (Å²) in [6.45, 7) is 2.39. The van der Waals surface area contributed by atoms with Crippen molar-refractivity contribution < 1.29 is 0 Å². The highest BCUT2D eigenvalue weighted by Gasteiger charge is 2.20. The number of benzene rings is 2. The molecule has 0 amide bonds. The van der Waals surface area contributed by atoms with Gasteiger partial charge in [-0.3, -0.25) is 0 Å². The van der Waals surface area contributed by atoms with E-state index in [4.69, 9.17) is 22.9 Å². The predicted molar refractivity (Wildman–Crippen MR) is 152 cm³/mol. The first-order valence-corrected chi connectivity index (χ1v) is 11.3. The van der Waals surface area contributed by atoms with Crippen LogP contribution in [0, 0.1) is 0 Å². The summed E-state index contributed by atoms with van der Waals surface area (Å²) >= 11 is 6.76. The van der Waals surface area contributed by atoms with Gasteiger partial charge in [0.2, 0.25) is 11.9 Å². The fourth-order valence-corrected chi connectivity index (χ4v) is 3.42. The van der Waals surface area contributed by atoms with E-state index in [1.54, 1.807) is 0 Å². The highest BCUT2D eigenvalue weighted by Crippen LogP contribution is 2.17. The summed E-state index contributed by atoms with van der Waals surface area (Å²) in [6.07, 6.45) is 0. The number of hydrogen-bond donors (Lipinski definition) is 4. The minimum Gasteiger partial charge on any atom is -0.369 e. The first-order valence-electron chi connectivity index (χ1n) is 9.68. The Hall–Kier alpha value is -2.54. The van der Waals surface area contributed by atoms with Gasteiger partial charge in [0.25, 0.3) is 0 Å². The van der Waals surface area contributed by atoms with Gasteiger partial charge >= 0.3 is 0 Å². The number of piperazine rings is 1. The number of nitrogens with zero attached hydrogens (tertiary/aromatic N) is 6. The van der Waals surface area contributed by atoms with E-state index in [-0.39, 0.29) is 36.7 Å². The van der Waals surface area contributed by atoms with Crippen molar-refractivity contribution in [2.45, 2.75) is 0 Å². The van der Waals surface area contributed by atoms with E-state index in [2.05, 4.69) is 51.8 Å². The Labute approximate surface area is 227 Å².